The van der Waals surface area contributed by atoms with Gasteiger partial charge in [0.15, 0.2) is 5.82 Å². The van der Waals surface area contributed by atoms with Gasteiger partial charge in [-0.15, -0.1) is 10.2 Å². The zero-order chi connectivity index (χ0) is 21.3. The second kappa shape index (κ2) is 8.77. The van der Waals surface area contributed by atoms with E-state index in [1.54, 1.807) is 12.1 Å². The molecule has 0 amide bonds. The van der Waals surface area contributed by atoms with Crippen molar-refractivity contribution in [2.45, 2.75) is 38.1 Å². The summed E-state index contributed by atoms with van der Waals surface area (Å²) in [5.41, 5.74) is 2.26. The summed E-state index contributed by atoms with van der Waals surface area (Å²) in [4.78, 5) is 1.93. The quantitative estimate of drug-likeness (QED) is 0.794. The number of nitrogens with one attached hydrogen (secondary N) is 1. The Morgan fingerprint density at radius 3 is 2.80 bits per heavy atom. The minimum Gasteiger partial charge on any atom is -0.497 e. The molecule has 0 bridgehead atoms. The molecule has 1 aromatic heterocycles. The largest absolute Gasteiger partial charge is 0.497 e. The Hall–Kier alpha value is -2.39. The number of ether oxygens (including phenoxy) is 2. The Bertz CT molecular complexity index is 902. The van der Waals surface area contributed by atoms with Gasteiger partial charge in [0.05, 0.1) is 26.0 Å². The molecule has 9 heteroatoms. The molecule has 0 unspecified atom stereocenters. The Morgan fingerprint density at radius 1 is 1.23 bits per heavy atom. The predicted octanol–water partition coefficient (Wildman–Crippen LogP) is 3.62. The van der Waals surface area contributed by atoms with E-state index in [0.717, 1.165) is 11.1 Å². The highest BCUT2D eigenvalue weighted by atomic mass is 19.3. The van der Waals surface area contributed by atoms with Crippen molar-refractivity contribution in [3.05, 3.63) is 34.9 Å². The number of nitrogens with zero attached hydrogens (tertiary/aromatic N) is 3. The molecule has 6 nitrogen and oxygen atoms in total. The van der Waals surface area contributed by atoms with Crippen LogP contribution in [0, 0.1) is 0 Å². The molecule has 2 atom stereocenters. The molecule has 1 saturated heterocycles. The molecule has 1 aromatic carbocycles. The van der Waals surface area contributed by atoms with Crippen molar-refractivity contribution in [3.8, 4) is 17.0 Å². The van der Waals surface area contributed by atoms with Crippen LogP contribution in [0.2, 0.25) is 0 Å². The van der Waals surface area contributed by atoms with Gasteiger partial charge in [-0.2, -0.15) is 0 Å². The fraction of sp³-hybridized carbons (Fsp3) is 0.524. The number of benzene rings is 1. The summed E-state index contributed by atoms with van der Waals surface area (Å²) in [5, 5.41) is 11.9. The Morgan fingerprint density at radius 2 is 2.07 bits per heavy atom. The minimum absolute atomic E-state index is 0.109. The first-order valence-corrected chi connectivity index (χ1v) is 9.98. The summed E-state index contributed by atoms with van der Waals surface area (Å²) >= 11 is 0. The number of likely N-dealkylation sites (tertiary alicyclic amines) is 1. The third-order valence-electron chi connectivity index (χ3n) is 5.60. The van der Waals surface area contributed by atoms with E-state index in [4.69, 9.17) is 9.47 Å². The molecule has 2 aliphatic heterocycles. The van der Waals surface area contributed by atoms with Gasteiger partial charge in [-0.05, 0) is 37.2 Å². The third kappa shape index (κ3) is 4.22. The lowest BCUT2D eigenvalue weighted by Gasteiger charge is -2.33. The van der Waals surface area contributed by atoms with Crippen molar-refractivity contribution in [3.63, 3.8) is 0 Å². The van der Waals surface area contributed by atoms with Gasteiger partial charge in [-0.25, -0.2) is 13.2 Å². The minimum atomic E-state index is -2.68. The van der Waals surface area contributed by atoms with Crippen LogP contribution in [0.4, 0.5) is 19.0 Å². The van der Waals surface area contributed by atoms with Gasteiger partial charge < -0.3 is 19.7 Å². The molecule has 1 N–H and O–H groups in total. The first-order chi connectivity index (χ1) is 14.5. The molecule has 4 rings (SSSR count). The molecule has 2 aromatic rings. The van der Waals surface area contributed by atoms with E-state index in [9.17, 15) is 13.2 Å². The number of fused-ring (bicyclic) bond motifs is 1. The summed E-state index contributed by atoms with van der Waals surface area (Å²) < 4.78 is 52.2. The maximum atomic E-state index is 14.0. The highest BCUT2D eigenvalue weighted by molar-refractivity contribution is 5.71. The molecule has 2 aliphatic rings. The molecule has 1 fully saturated rings. The number of hydrogen-bond acceptors (Lipinski definition) is 6. The fourth-order valence-electron chi connectivity index (χ4n) is 4.22. The van der Waals surface area contributed by atoms with Gasteiger partial charge in [-0.3, -0.25) is 0 Å². The lowest BCUT2D eigenvalue weighted by atomic mass is 9.94. The summed E-state index contributed by atoms with van der Waals surface area (Å²) in [6.45, 7) is 1.89. The van der Waals surface area contributed by atoms with Crippen LogP contribution in [0.1, 0.15) is 29.5 Å². The number of aromatic nitrogens is 2. The van der Waals surface area contributed by atoms with Crippen molar-refractivity contribution in [2.24, 2.45) is 0 Å². The molecular formula is C21H25F3N4O2. The molecule has 0 radical (unpaired) electrons. The topological polar surface area (TPSA) is 59.5 Å². The molecule has 0 saturated carbocycles. The third-order valence-corrected chi connectivity index (χ3v) is 5.60. The van der Waals surface area contributed by atoms with Crippen LogP contribution in [-0.4, -0.2) is 61.2 Å². The normalized spacial score (nSPS) is 22.1. The average molecular weight is 422 g/mol. The van der Waals surface area contributed by atoms with E-state index in [2.05, 4.69) is 15.5 Å². The molecule has 30 heavy (non-hydrogen) atoms. The number of likely N-dealkylation sites (N-methyl/N-ethyl adjacent to an activating group) is 1. The second-order valence-electron chi connectivity index (χ2n) is 7.81. The van der Waals surface area contributed by atoms with E-state index in [-0.39, 0.29) is 11.6 Å². The first-order valence-electron chi connectivity index (χ1n) is 9.98. The lowest BCUT2D eigenvalue weighted by molar-refractivity contribution is 0.110. The maximum Gasteiger partial charge on any atom is 0.264 e. The SMILES string of the molecule is COc1ccc(-c2nnc(N[C@@H]3C[C@@H](F)CN(C)C3)c3c2CCOC3)c(C(F)F)c1. The molecule has 0 aliphatic carbocycles. The van der Waals surface area contributed by atoms with Crippen LogP contribution in [0.3, 0.4) is 0 Å². The van der Waals surface area contributed by atoms with Crippen molar-refractivity contribution in [2.75, 3.05) is 39.2 Å². The Labute approximate surface area is 173 Å². The highest BCUT2D eigenvalue weighted by Gasteiger charge is 2.29. The Kier molecular flexibility index (Phi) is 6.10. The van der Waals surface area contributed by atoms with Crippen molar-refractivity contribution >= 4 is 5.82 Å². The summed E-state index contributed by atoms with van der Waals surface area (Å²) in [6, 6.07) is 4.46. The monoisotopic (exact) mass is 422 g/mol. The number of alkyl halides is 3. The van der Waals surface area contributed by atoms with Gasteiger partial charge in [0.25, 0.3) is 6.43 Å². The molecule has 162 valence electrons. The van der Waals surface area contributed by atoms with E-state index < -0.39 is 12.6 Å². The number of rotatable bonds is 5. The number of hydrogen-bond donors (Lipinski definition) is 1. The number of piperidine rings is 1. The fourth-order valence-corrected chi connectivity index (χ4v) is 4.22. The van der Waals surface area contributed by atoms with Crippen LogP contribution < -0.4 is 10.1 Å². The van der Waals surface area contributed by atoms with E-state index in [0.29, 0.717) is 62.0 Å². The van der Waals surface area contributed by atoms with Gasteiger partial charge >= 0.3 is 0 Å². The molecule has 0 spiro atoms. The zero-order valence-corrected chi connectivity index (χ0v) is 17.0. The standard InChI is InChI=1S/C21H25F3N4O2/c1-28-9-12(22)7-13(10-28)25-21-18-11-30-6-5-16(18)19(26-27-21)15-4-3-14(29-2)8-17(15)20(23)24/h3-4,8,12-13,20H,5-7,9-11H2,1-2H3,(H,25,27)/t12-,13-/m1/s1. The van der Waals surface area contributed by atoms with Crippen LogP contribution in [0.25, 0.3) is 11.3 Å². The van der Waals surface area contributed by atoms with Crippen LogP contribution in [0.5, 0.6) is 5.75 Å². The van der Waals surface area contributed by atoms with Crippen molar-refractivity contribution in [1.29, 1.82) is 0 Å². The van der Waals surface area contributed by atoms with Gasteiger partial charge in [0.2, 0.25) is 0 Å². The predicted molar refractivity (Wildman–Crippen MR) is 107 cm³/mol. The van der Waals surface area contributed by atoms with Gasteiger partial charge in [0, 0.05) is 42.2 Å². The lowest BCUT2D eigenvalue weighted by Crippen LogP contribution is -2.45. The van der Waals surface area contributed by atoms with Crippen molar-refractivity contribution < 1.29 is 22.6 Å². The number of methoxy groups -OCH3 is 1. The molecule has 3 heterocycles. The number of halogens is 3. The van der Waals surface area contributed by atoms with E-state index >= 15 is 0 Å². The van der Waals surface area contributed by atoms with Gasteiger partial charge in [0.1, 0.15) is 11.9 Å². The zero-order valence-electron chi connectivity index (χ0n) is 17.0. The van der Waals surface area contributed by atoms with Crippen LogP contribution in [0.15, 0.2) is 18.2 Å². The van der Waals surface area contributed by atoms with E-state index in [1.165, 1.54) is 13.2 Å². The van der Waals surface area contributed by atoms with Crippen LogP contribution in [-0.2, 0) is 17.8 Å². The molecular weight excluding hydrogens is 397 g/mol. The van der Waals surface area contributed by atoms with E-state index in [1.807, 2.05) is 11.9 Å². The van der Waals surface area contributed by atoms with Gasteiger partial charge in [-0.1, -0.05) is 0 Å². The maximum absolute atomic E-state index is 14.0. The smallest absolute Gasteiger partial charge is 0.264 e. The number of anilines is 1. The highest BCUT2D eigenvalue weighted by Crippen LogP contribution is 2.37. The first kappa shape index (κ1) is 20.9. The van der Waals surface area contributed by atoms with Crippen LogP contribution >= 0.6 is 0 Å². The Balaban J connectivity index is 1.72. The average Bonchev–Trinajstić information content (AvgIpc) is 2.73. The summed E-state index contributed by atoms with van der Waals surface area (Å²) in [7, 11) is 3.32. The second-order valence-corrected chi connectivity index (χ2v) is 7.81. The summed E-state index contributed by atoms with van der Waals surface area (Å²) in [5.74, 6) is 0.896. The summed E-state index contributed by atoms with van der Waals surface area (Å²) in [6.07, 6.45) is -2.66. The van der Waals surface area contributed by atoms with Crippen molar-refractivity contribution in [1.82, 2.24) is 15.1 Å².